The molecule has 31 heavy (non-hydrogen) atoms. The van der Waals surface area contributed by atoms with Crippen LogP contribution >= 0.6 is 50.9 Å². The van der Waals surface area contributed by atoms with E-state index in [0.717, 1.165) is 9.80 Å². The Kier molecular flexibility index (Phi) is 6.24. The molecule has 2 heterocycles. The van der Waals surface area contributed by atoms with E-state index in [1.165, 1.54) is 30.0 Å². The van der Waals surface area contributed by atoms with Crippen molar-refractivity contribution in [1.82, 2.24) is 5.32 Å². The fraction of sp³-hybridized carbons (Fsp3) is 0. The molecule has 4 rings (SSSR count). The lowest BCUT2D eigenvalue weighted by Gasteiger charge is -2.27. The van der Waals surface area contributed by atoms with Crippen molar-refractivity contribution >= 4 is 80.5 Å². The number of nitrogens with zero attached hydrogens (tertiary/aromatic N) is 1. The van der Waals surface area contributed by atoms with Crippen LogP contribution in [0.4, 0.5) is 10.5 Å². The zero-order valence-corrected chi connectivity index (χ0v) is 19.3. The largest absolute Gasteiger partial charge is 0.449 e. The predicted octanol–water partition coefficient (Wildman–Crippen LogP) is 6.17. The first-order chi connectivity index (χ1) is 14.8. The van der Waals surface area contributed by atoms with Crippen molar-refractivity contribution in [2.24, 2.45) is 0 Å². The topological polar surface area (TPSA) is 79.6 Å². The van der Waals surface area contributed by atoms with Crippen LogP contribution in [0.3, 0.4) is 0 Å². The number of hydrogen-bond donors (Lipinski definition) is 1. The molecule has 2 aromatic carbocycles. The van der Waals surface area contributed by atoms with E-state index < -0.39 is 17.8 Å². The van der Waals surface area contributed by atoms with Gasteiger partial charge in [0.05, 0.1) is 20.2 Å². The molecule has 0 bridgehead atoms. The van der Waals surface area contributed by atoms with Gasteiger partial charge in [0, 0.05) is 4.90 Å². The summed E-state index contributed by atoms with van der Waals surface area (Å²) in [7, 11) is 0. The predicted molar refractivity (Wildman–Crippen MR) is 122 cm³/mol. The van der Waals surface area contributed by atoms with E-state index in [-0.39, 0.29) is 27.1 Å². The zero-order valence-electron chi connectivity index (χ0n) is 15.4. The van der Waals surface area contributed by atoms with Crippen LogP contribution in [0.15, 0.2) is 79.0 Å². The quantitative estimate of drug-likeness (QED) is 0.318. The number of carbonyl (C=O) groups is 3. The molecule has 1 fully saturated rings. The molecular weight excluding hydrogens is 527 g/mol. The summed E-state index contributed by atoms with van der Waals surface area (Å²) in [5.41, 5.74) is -0.218. The maximum atomic E-state index is 13.0. The van der Waals surface area contributed by atoms with E-state index in [1.54, 1.807) is 12.1 Å². The molecule has 1 aliphatic rings. The minimum atomic E-state index is -0.919. The standard InChI is InChI=1S/C21H11BrCl2N2O4S/c22-14-10-11(30-20(14)31-12-5-2-1-3-6-12)9-13-18(27)25-21(29)26(19(13)28)16-8-4-7-15(23)17(16)24/h1-10H,(H,25,27,29)/b13-9+. The van der Waals surface area contributed by atoms with E-state index in [9.17, 15) is 14.4 Å². The fourth-order valence-corrected chi connectivity index (χ4v) is 4.52. The normalized spacial score (nSPS) is 15.5. The highest BCUT2D eigenvalue weighted by Crippen LogP contribution is 2.37. The highest BCUT2D eigenvalue weighted by Gasteiger charge is 2.38. The number of nitrogens with one attached hydrogen (secondary N) is 1. The Balaban J connectivity index is 1.68. The van der Waals surface area contributed by atoms with E-state index in [2.05, 4.69) is 21.2 Å². The van der Waals surface area contributed by atoms with E-state index in [4.69, 9.17) is 27.6 Å². The van der Waals surface area contributed by atoms with Gasteiger partial charge in [-0.3, -0.25) is 14.9 Å². The number of halogens is 3. The molecule has 0 aliphatic carbocycles. The lowest BCUT2D eigenvalue weighted by molar-refractivity contribution is -0.122. The van der Waals surface area contributed by atoms with Gasteiger partial charge in [0.25, 0.3) is 11.8 Å². The van der Waals surface area contributed by atoms with Gasteiger partial charge in [-0.05, 0) is 52.3 Å². The van der Waals surface area contributed by atoms with Crippen molar-refractivity contribution in [3.8, 4) is 0 Å². The molecule has 10 heteroatoms. The van der Waals surface area contributed by atoms with Crippen LogP contribution in [-0.2, 0) is 9.59 Å². The average molecular weight is 538 g/mol. The van der Waals surface area contributed by atoms with Crippen LogP contribution in [0.5, 0.6) is 0 Å². The molecule has 0 unspecified atom stereocenters. The Morgan fingerprint density at radius 2 is 1.77 bits per heavy atom. The van der Waals surface area contributed by atoms with Crippen molar-refractivity contribution in [1.29, 1.82) is 0 Å². The first kappa shape index (κ1) is 21.7. The Labute approximate surface area is 199 Å². The molecular formula is C21H11BrCl2N2O4S. The summed E-state index contributed by atoms with van der Waals surface area (Å²) in [6.07, 6.45) is 1.27. The van der Waals surface area contributed by atoms with E-state index in [1.807, 2.05) is 30.3 Å². The lowest BCUT2D eigenvalue weighted by atomic mass is 10.1. The first-order valence-corrected chi connectivity index (χ1v) is 11.1. The number of anilines is 1. The number of benzene rings is 2. The Hall–Kier alpha value is -2.52. The van der Waals surface area contributed by atoms with Gasteiger partial charge in [0.1, 0.15) is 11.3 Å². The van der Waals surface area contributed by atoms with Gasteiger partial charge in [0.2, 0.25) is 0 Å². The summed E-state index contributed by atoms with van der Waals surface area (Å²) in [6, 6.07) is 14.8. The second-order valence-corrected chi connectivity index (χ2v) is 8.92. The number of urea groups is 1. The van der Waals surface area contributed by atoms with Crippen molar-refractivity contribution in [3.05, 3.63) is 80.4 Å². The van der Waals surface area contributed by atoms with E-state index >= 15 is 0 Å². The number of rotatable bonds is 4. The number of imide groups is 2. The molecule has 0 radical (unpaired) electrons. The summed E-state index contributed by atoms with van der Waals surface area (Å²) in [5.74, 6) is -1.42. The SMILES string of the molecule is O=C1NC(=O)N(c2cccc(Cl)c2Cl)C(=O)/C1=C/c1cc(Br)c(Sc2ccccc2)o1. The molecule has 1 aliphatic heterocycles. The second kappa shape index (κ2) is 8.92. The smallest absolute Gasteiger partial charge is 0.336 e. The number of furan rings is 1. The minimum Gasteiger partial charge on any atom is -0.449 e. The summed E-state index contributed by atoms with van der Waals surface area (Å²) < 4.78 is 6.44. The third kappa shape index (κ3) is 4.43. The summed E-state index contributed by atoms with van der Waals surface area (Å²) >= 11 is 17.0. The number of amides is 4. The monoisotopic (exact) mass is 536 g/mol. The Bertz CT molecular complexity index is 1240. The molecule has 0 saturated carbocycles. The van der Waals surface area contributed by atoms with Crippen LogP contribution in [-0.4, -0.2) is 17.8 Å². The van der Waals surface area contributed by atoms with Gasteiger partial charge in [-0.15, -0.1) is 0 Å². The van der Waals surface area contributed by atoms with Crippen LogP contribution in [0.2, 0.25) is 10.0 Å². The molecule has 0 spiro atoms. The van der Waals surface area contributed by atoms with Crippen LogP contribution in [0.25, 0.3) is 6.08 Å². The molecule has 3 aromatic rings. The Morgan fingerprint density at radius 3 is 2.52 bits per heavy atom. The minimum absolute atomic E-state index is 0.0173. The van der Waals surface area contributed by atoms with Crippen LogP contribution < -0.4 is 10.2 Å². The van der Waals surface area contributed by atoms with Gasteiger partial charge in [-0.2, -0.15) is 0 Å². The molecule has 1 N–H and O–H groups in total. The van der Waals surface area contributed by atoms with Crippen LogP contribution in [0.1, 0.15) is 5.76 Å². The maximum absolute atomic E-state index is 13.0. The summed E-state index contributed by atoms with van der Waals surface area (Å²) in [5, 5.41) is 2.87. The molecule has 156 valence electrons. The summed E-state index contributed by atoms with van der Waals surface area (Å²) in [4.78, 5) is 39.4. The number of carbonyl (C=O) groups excluding carboxylic acids is 3. The molecule has 0 atom stereocenters. The number of barbiturate groups is 1. The van der Waals surface area contributed by atoms with Gasteiger partial charge < -0.3 is 4.42 Å². The maximum Gasteiger partial charge on any atom is 0.336 e. The second-order valence-electron chi connectivity index (χ2n) is 6.23. The van der Waals surface area contributed by atoms with Crippen molar-refractivity contribution in [3.63, 3.8) is 0 Å². The summed E-state index contributed by atoms with van der Waals surface area (Å²) in [6.45, 7) is 0. The third-order valence-corrected chi connectivity index (χ3v) is 6.85. The molecule has 1 saturated heterocycles. The average Bonchev–Trinajstić information content (AvgIpc) is 3.08. The first-order valence-electron chi connectivity index (χ1n) is 8.73. The van der Waals surface area contributed by atoms with Crippen molar-refractivity contribution < 1.29 is 18.8 Å². The molecule has 6 nitrogen and oxygen atoms in total. The molecule has 4 amide bonds. The van der Waals surface area contributed by atoms with Gasteiger partial charge >= 0.3 is 6.03 Å². The van der Waals surface area contributed by atoms with Gasteiger partial charge in [-0.1, -0.05) is 59.2 Å². The van der Waals surface area contributed by atoms with Gasteiger partial charge in [-0.25, -0.2) is 9.69 Å². The highest BCUT2D eigenvalue weighted by atomic mass is 79.9. The van der Waals surface area contributed by atoms with Crippen molar-refractivity contribution in [2.75, 3.05) is 4.90 Å². The zero-order chi connectivity index (χ0) is 22.1. The van der Waals surface area contributed by atoms with E-state index in [0.29, 0.717) is 9.56 Å². The Morgan fingerprint density at radius 1 is 1.03 bits per heavy atom. The van der Waals surface area contributed by atoms with Crippen LogP contribution in [0, 0.1) is 0 Å². The lowest BCUT2D eigenvalue weighted by Crippen LogP contribution is -2.54. The van der Waals surface area contributed by atoms with Crippen molar-refractivity contribution in [2.45, 2.75) is 9.99 Å². The third-order valence-electron chi connectivity index (χ3n) is 4.19. The number of hydrogen-bond acceptors (Lipinski definition) is 5. The molecule has 1 aromatic heterocycles. The fourth-order valence-electron chi connectivity index (χ4n) is 2.79. The van der Waals surface area contributed by atoms with Gasteiger partial charge in [0.15, 0.2) is 5.09 Å². The highest BCUT2D eigenvalue weighted by molar-refractivity contribution is 9.10.